The number of nitrogens with zero attached hydrogens (tertiary/aromatic N) is 2. The number of halogens is 1. The molecule has 0 aliphatic rings. The van der Waals surface area contributed by atoms with Crippen molar-refractivity contribution in [1.82, 2.24) is 4.57 Å². The van der Waals surface area contributed by atoms with Crippen molar-refractivity contribution in [2.45, 2.75) is 0 Å². The lowest BCUT2D eigenvalue weighted by Crippen LogP contribution is -2.12. The molecular formula is C18H13ClN2O3S. The van der Waals surface area contributed by atoms with E-state index in [4.69, 9.17) is 20.8 Å². The molecule has 2 heterocycles. The van der Waals surface area contributed by atoms with E-state index in [0.717, 1.165) is 15.6 Å². The molecule has 0 bridgehead atoms. The molecule has 0 spiro atoms. The highest BCUT2D eigenvalue weighted by Crippen LogP contribution is 2.28. The molecule has 2 aromatic heterocycles. The number of hydrogen-bond acceptors (Lipinski definition) is 4. The van der Waals surface area contributed by atoms with Crippen molar-refractivity contribution in [2.75, 3.05) is 7.11 Å². The smallest absolute Gasteiger partial charge is 0.315 e. The quantitative estimate of drug-likeness (QED) is 0.524. The van der Waals surface area contributed by atoms with Gasteiger partial charge in [-0.15, -0.1) is 0 Å². The predicted molar refractivity (Wildman–Crippen MR) is 98.5 cm³/mol. The minimum absolute atomic E-state index is 0.176. The summed E-state index contributed by atoms with van der Waals surface area (Å²) in [7, 11) is 3.42. The monoisotopic (exact) mass is 372 g/mol. The van der Waals surface area contributed by atoms with Crippen LogP contribution in [0.5, 0.6) is 5.75 Å². The highest BCUT2D eigenvalue weighted by molar-refractivity contribution is 7.16. The summed E-state index contributed by atoms with van der Waals surface area (Å²) in [6.07, 6.45) is 0. The fraction of sp³-hybridized carbons (Fsp3) is 0.111. The predicted octanol–water partition coefficient (Wildman–Crippen LogP) is 4.39. The van der Waals surface area contributed by atoms with E-state index in [9.17, 15) is 4.79 Å². The molecule has 0 fully saturated rings. The van der Waals surface area contributed by atoms with Gasteiger partial charge < -0.3 is 13.7 Å². The minimum atomic E-state index is -0.438. The maximum Gasteiger partial charge on any atom is 0.315 e. The third-order valence-corrected chi connectivity index (χ3v) is 5.24. The Hall–Kier alpha value is -2.57. The van der Waals surface area contributed by atoms with E-state index in [2.05, 4.69) is 4.99 Å². The van der Waals surface area contributed by atoms with Crippen molar-refractivity contribution < 1.29 is 13.9 Å². The molecule has 0 atom stereocenters. The van der Waals surface area contributed by atoms with Crippen LogP contribution >= 0.6 is 22.9 Å². The van der Waals surface area contributed by atoms with Gasteiger partial charge in [0.05, 0.1) is 17.3 Å². The summed E-state index contributed by atoms with van der Waals surface area (Å²) in [6.45, 7) is 0. The van der Waals surface area contributed by atoms with Crippen LogP contribution < -0.4 is 9.54 Å². The topological polar surface area (TPSA) is 56.7 Å². The lowest BCUT2D eigenvalue weighted by molar-refractivity contribution is 0.0973. The number of aromatic nitrogens is 1. The molecule has 0 unspecified atom stereocenters. The molecule has 0 saturated heterocycles. The Bertz CT molecular complexity index is 1190. The number of benzene rings is 2. The Labute approximate surface area is 151 Å². The number of furan rings is 1. The number of fused-ring (bicyclic) bond motifs is 2. The molecule has 0 radical (unpaired) electrons. The number of ether oxygens (including phenoxy) is 1. The highest BCUT2D eigenvalue weighted by Gasteiger charge is 2.15. The zero-order valence-corrected chi connectivity index (χ0v) is 15.0. The molecule has 7 heteroatoms. The molecule has 0 N–H and O–H groups in total. The Balaban J connectivity index is 1.82. The lowest BCUT2D eigenvalue weighted by Gasteiger charge is -1.98. The molecule has 25 heavy (non-hydrogen) atoms. The summed E-state index contributed by atoms with van der Waals surface area (Å²) in [6, 6.07) is 12.7. The van der Waals surface area contributed by atoms with Crippen LogP contribution in [0.1, 0.15) is 10.6 Å². The summed E-state index contributed by atoms with van der Waals surface area (Å²) in [4.78, 5) is 17.3. The van der Waals surface area contributed by atoms with E-state index in [1.165, 1.54) is 11.3 Å². The maximum atomic E-state index is 12.5. The maximum absolute atomic E-state index is 12.5. The standard InChI is InChI=1S/C18H13ClN2O3S/c1-21-12-7-6-11(19)9-15(12)25-18(21)20-17(22)14-8-10-4-3-5-13(23-2)16(10)24-14/h3-9H,1-2H3. The van der Waals surface area contributed by atoms with Gasteiger partial charge in [0.2, 0.25) is 0 Å². The number of para-hydroxylation sites is 1. The van der Waals surface area contributed by atoms with Crippen LogP contribution in [0.3, 0.4) is 0 Å². The van der Waals surface area contributed by atoms with E-state index < -0.39 is 5.91 Å². The van der Waals surface area contributed by atoms with Gasteiger partial charge >= 0.3 is 5.91 Å². The number of carbonyl (C=O) groups is 1. The molecule has 0 aliphatic carbocycles. The second kappa shape index (κ2) is 6.06. The zero-order valence-electron chi connectivity index (χ0n) is 13.4. The number of thiazole rings is 1. The molecule has 4 aromatic rings. The normalized spacial score (nSPS) is 12.2. The number of carbonyl (C=O) groups excluding carboxylic acids is 1. The van der Waals surface area contributed by atoms with Gasteiger partial charge in [-0.2, -0.15) is 4.99 Å². The lowest BCUT2D eigenvalue weighted by atomic mass is 10.2. The first-order chi connectivity index (χ1) is 12.1. The Morgan fingerprint density at radius 3 is 2.92 bits per heavy atom. The minimum Gasteiger partial charge on any atom is -0.493 e. The number of rotatable bonds is 2. The fourth-order valence-corrected chi connectivity index (χ4v) is 3.95. The van der Waals surface area contributed by atoms with Crippen LogP contribution in [0.25, 0.3) is 21.2 Å². The molecule has 0 saturated carbocycles. The van der Waals surface area contributed by atoms with Gasteiger partial charge in [-0.25, -0.2) is 0 Å². The van der Waals surface area contributed by atoms with E-state index in [1.54, 1.807) is 19.2 Å². The van der Waals surface area contributed by atoms with Gasteiger partial charge in [0.15, 0.2) is 21.9 Å². The Morgan fingerprint density at radius 2 is 2.12 bits per heavy atom. The Morgan fingerprint density at radius 1 is 1.28 bits per heavy atom. The largest absolute Gasteiger partial charge is 0.493 e. The van der Waals surface area contributed by atoms with Crippen molar-refractivity contribution >= 4 is 50.0 Å². The first-order valence-electron chi connectivity index (χ1n) is 7.47. The van der Waals surface area contributed by atoms with E-state index >= 15 is 0 Å². The number of hydrogen-bond donors (Lipinski definition) is 0. The summed E-state index contributed by atoms with van der Waals surface area (Å²) in [5, 5.41) is 1.45. The van der Waals surface area contributed by atoms with Crippen molar-refractivity contribution in [3.63, 3.8) is 0 Å². The van der Waals surface area contributed by atoms with Gasteiger partial charge in [0.25, 0.3) is 0 Å². The SMILES string of the molecule is COc1cccc2cc(C(=O)N=c3sc4cc(Cl)ccc4n3C)oc12. The summed E-state index contributed by atoms with van der Waals surface area (Å²) in [5.74, 6) is 0.320. The van der Waals surface area contributed by atoms with Gasteiger partial charge in [-0.1, -0.05) is 35.1 Å². The molecule has 2 aromatic carbocycles. The fourth-order valence-electron chi connectivity index (χ4n) is 2.66. The van der Waals surface area contributed by atoms with Crippen LogP contribution in [0, 0.1) is 0 Å². The second-order valence-electron chi connectivity index (χ2n) is 5.46. The van der Waals surface area contributed by atoms with Crippen molar-refractivity contribution in [2.24, 2.45) is 12.0 Å². The first-order valence-corrected chi connectivity index (χ1v) is 8.67. The summed E-state index contributed by atoms with van der Waals surface area (Å²) < 4.78 is 13.7. The molecule has 0 aliphatic heterocycles. The Kier molecular flexibility index (Phi) is 3.86. The van der Waals surface area contributed by atoms with E-state index in [-0.39, 0.29) is 5.76 Å². The number of aryl methyl sites for hydroxylation is 1. The van der Waals surface area contributed by atoms with E-state index in [0.29, 0.717) is 21.2 Å². The first kappa shape index (κ1) is 15.9. The molecule has 1 amide bonds. The van der Waals surface area contributed by atoms with Crippen LogP contribution in [0.4, 0.5) is 0 Å². The molecular weight excluding hydrogens is 360 g/mol. The average molecular weight is 373 g/mol. The number of amides is 1. The van der Waals surface area contributed by atoms with Gasteiger partial charge in [-0.3, -0.25) is 4.79 Å². The van der Waals surface area contributed by atoms with Gasteiger partial charge in [0.1, 0.15) is 0 Å². The zero-order chi connectivity index (χ0) is 17.6. The van der Waals surface area contributed by atoms with Gasteiger partial charge in [-0.05, 0) is 30.3 Å². The molecule has 4 rings (SSSR count). The van der Waals surface area contributed by atoms with Crippen LogP contribution in [0.2, 0.25) is 5.02 Å². The van der Waals surface area contributed by atoms with Crippen LogP contribution in [-0.2, 0) is 7.05 Å². The van der Waals surface area contributed by atoms with Crippen LogP contribution in [-0.4, -0.2) is 17.6 Å². The molecule has 5 nitrogen and oxygen atoms in total. The highest BCUT2D eigenvalue weighted by atomic mass is 35.5. The number of methoxy groups -OCH3 is 1. The van der Waals surface area contributed by atoms with Crippen molar-refractivity contribution in [3.05, 3.63) is 58.0 Å². The second-order valence-corrected chi connectivity index (χ2v) is 6.91. The third-order valence-electron chi connectivity index (χ3n) is 3.91. The summed E-state index contributed by atoms with van der Waals surface area (Å²) >= 11 is 7.43. The van der Waals surface area contributed by atoms with Crippen molar-refractivity contribution in [3.8, 4) is 5.75 Å². The third kappa shape index (κ3) is 2.73. The van der Waals surface area contributed by atoms with Gasteiger partial charge in [0, 0.05) is 17.5 Å². The van der Waals surface area contributed by atoms with Crippen LogP contribution in [0.15, 0.2) is 51.9 Å². The summed E-state index contributed by atoms with van der Waals surface area (Å²) in [5.41, 5.74) is 1.50. The van der Waals surface area contributed by atoms with Crippen molar-refractivity contribution in [1.29, 1.82) is 0 Å². The average Bonchev–Trinajstić information content (AvgIpc) is 3.16. The van der Waals surface area contributed by atoms with E-state index in [1.807, 2.05) is 41.9 Å². The molecule has 126 valence electrons.